The number of alkyl halides is 3. The number of anilines is 6. The van der Waals surface area contributed by atoms with Crippen LogP contribution in [0.1, 0.15) is 22.3 Å². The van der Waals surface area contributed by atoms with Crippen LogP contribution in [0.5, 0.6) is 11.5 Å². The third kappa shape index (κ3) is 6.70. The lowest BCUT2D eigenvalue weighted by atomic mass is 9.67. The second-order valence-electron chi connectivity index (χ2n) is 14.3. The van der Waals surface area contributed by atoms with Crippen molar-refractivity contribution in [2.75, 3.05) is 9.80 Å². The van der Waals surface area contributed by atoms with E-state index in [-0.39, 0.29) is 5.75 Å². The van der Waals surface area contributed by atoms with Gasteiger partial charge in [0, 0.05) is 34.1 Å². The van der Waals surface area contributed by atoms with Crippen molar-refractivity contribution in [3.8, 4) is 22.6 Å². The molecule has 9 rings (SSSR count). The molecule has 0 spiro atoms. The number of benzene rings is 8. The Bertz CT molecular complexity index is 2690. The number of hydrogen-bond acceptors (Lipinski definition) is 6. The van der Waals surface area contributed by atoms with Gasteiger partial charge in [0.05, 0.1) is 5.41 Å². The van der Waals surface area contributed by atoms with E-state index in [0.29, 0.717) is 5.56 Å². The first kappa shape index (κ1) is 38.2. The zero-order chi connectivity index (χ0) is 41.5. The molecule has 0 amide bonds. The molecule has 0 fully saturated rings. The van der Waals surface area contributed by atoms with Gasteiger partial charge in [0.1, 0.15) is 11.5 Å². The Morgan fingerprint density at radius 1 is 0.450 bits per heavy atom. The number of phenolic OH excluding ortho intramolecular Hbond substituents is 1. The van der Waals surface area contributed by atoms with Crippen molar-refractivity contribution < 1.29 is 30.9 Å². The smallest absolute Gasteiger partial charge is 0.508 e. The number of phenols is 1. The first-order valence-electron chi connectivity index (χ1n) is 19.1. The van der Waals surface area contributed by atoms with Crippen LogP contribution in [0.3, 0.4) is 0 Å². The van der Waals surface area contributed by atoms with Crippen LogP contribution in [0.25, 0.3) is 11.1 Å². The molecule has 60 heavy (non-hydrogen) atoms. The summed E-state index contributed by atoms with van der Waals surface area (Å²) in [6.45, 7) is 0. The van der Waals surface area contributed by atoms with Crippen LogP contribution in [0, 0.1) is 0 Å². The number of halogens is 3. The third-order valence-corrected chi connectivity index (χ3v) is 11.7. The van der Waals surface area contributed by atoms with Crippen molar-refractivity contribution >= 4 is 44.2 Å². The summed E-state index contributed by atoms with van der Waals surface area (Å²) in [7, 11) is -5.93. The van der Waals surface area contributed by atoms with Gasteiger partial charge in [-0.25, -0.2) is 0 Å². The molecule has 1 aliphatic rings. The standard InChI is InChI=1S/C50H35F3N2O4S/c51-50(52,53)60(57,58)59-44-29-23-36(24-30-44)49(35-21-27-43(56)28-22-35)47-33-41(54(37-13-5-1-6-14-37)38-15-7-2-8-16-38)25-31-45(47)46-32-26-42(34-48(46)49)55(39-17-9-3-10-18-39)40-19-11-4-12-20-40/h1-34,56H. The van der Waals surface area contributed by atoms with E-state index >= 15 is 0 Å². The van der Waals surface area contributed by atoms with Gasteiger partial charge in [-0.3, -0.25) is 0 Å². The van der Waals surface area contributed by atoms with E-state index in [4.69, 9.17) is 0 Å². The average Bonchev–Trinajstić information content (AvgIpc) is 3.55. The van der Waals surface area contributed by atoms with Crippen molar-refractivity contribution in [3.05, 3.63) is 229 Å². The number of nitrogens with zero attached hydrogens (tertiary/aromatic N) is 2. The summed E-state index contributed by atoms with van der Waals surface area (Å²) >= 11 is 0. The van der Waals surface area contributed by atoms with Crippen LogP contribution in [-0.2, 0) is 15.5 Å². The summed E-state index contributed by atoms with van der Waals surface area (Å²) in [4.78, 5) is 4.31. The number of aromatic hydroxyl groups is 1. The predicted octanol–water partition coefficient (Wildman–Crippen LogP) is 12.9. The largest absolute Gasteiger partial charge is 0.534 e. The molecule has 8 aromatic carbocycles. The Morgan fingerprint density at radius 3 is 1.15 bits per heavy atom. The molecule has 0 atom stereocenters. The van der Waals surface area contributed by atoms with E-state index in [0.717, 1.165) is 61.9 Å². The van der Waals surface area contributed by atoms with Crippen molar-refractivity contribution in [2.45, 2.75) is 10.9 Å². The number of hydrogen-bond donors (Lipinski definition) is 1. The predicted molar refractivity (Wildman–Crippen MR) is 230 cm³/mol. The molecule has 0 radical (unpaired) electrons. The molecular formula is C50H35F3N2O4S. The fraction of sp³-hybridized carbons (Fsp3) is 0.0400. The summed E-state index contributed by atoms with van der Waals surface area (Å²) in [6.07, 6.45) is 0. The molecular weight excluding hydrogens is 782 g/mol. The van der Waals surface area contributed by atoms with Crippen LogP contribution in [0.15, 0.2) is 206 Å². The summed E-state index contributed by atoms with van der Waals surface area (Å²) in [5.41, 5.74) is 3.52. The highest BCUT2D eigenvalue weighted by Gasteiger charge is 2.49. The molecule has 0 aliphatic heterocycles. The first-order chi connectivity index (χ1) is 29.0. The fourth-order valence-corrected chi connectivity index (χ4v) is 8.67. The molecule has 8 aromatic rings. The van der Waals surface area contributed by atoms with E-state index in [1.165, 1.54) is 12.1 Å². The average molecular weight is 817 g/mol. The summed E-state index contributed by atoms with van der Waals surface area (Å²) in [5, 5.41) is 10.6. The van der Waals surface area contributed by atoms with Crippen LogP contribution >= 0.6 is 0 Å². The minimum Gasteiger partial charge on any atom is -0.508 e. The van der Waals surface area contributed by atoms with Crippen LogP contribution in [0.2, 0.25) is 0 Å². The van der Waals surface area contributed by atoms with E-state index < -0.39 is 26.8 Å². The molecule has 0 unspecified atom stereocenters. The van der Waals surface area contributed by atoms with Crippen LogP contribution in [-0.4, -0.2) is 19.0 Å². The first-order valence-corrected chi connectivity index (χ1v) is 20.5. The number of fused-ring (bicyclic) bond motifs is 3. The van der Waals surface area contributed by atoms with Gasteiger partial charge >= 0.3 is 15.6 Å². The van der Waals surface area contributed by atoms with Gasteiger partial charge in [0.25, 0.3) is 0 Å². The van der Waals surface area contributed by atoms with Gasteiger partial charge in [-0.1, -0.05) is 109 Å². The SMILES string of the molecule is O=S(=O)(Oc1ccc(C2(c3ccc(O)cc3)c3cc(N(c4ccccc4)c4ccccc4)ccc3-c3ccc(N(c4ccccc4)c4ccccc4)cc32)cc1)C(F)(F)F. The van der Waals surface area contributed by atoms with Gasteiger partial charge in [-0.2, -0.15) is 21.6 Å². The second kappa shape index (κ2) is 15.1. The van der Waals surface area contributed by atoms with Crippen molar-refractivity contribution in [1.29, 1.82) is 0 Å². The van der Waals surface area contributed by atoms with Gasteiger partial charge < -0.3 is 19.1 Å². The topological polar surface area (TPSA) is 70.1 Å². The van der Waals surface area contributed by atoms with E-state index in [1.807, 2.05) is 133 Å². The Labute approximate surface area is 345 Å². The minimum absolute atomic E-state index is 0.0506. The minimum atomic E-state index is -5.93. The Hall–Kier alpha value is -7.30. The maximum Gasteiger partial charge on any atom is 0.534 e. The quantitative estimate of drug-likeness (QED) is 0.109. The molecule has 6 nitrogen and oxygen atoms in total. The summed E-state index contributed by atoms with van der Waals surface area (Å²) in [5.74, 6) is -0.439. The maximum atomic E-state index is 13.4. The molecule has 0 aromatic heterocycles. The molecule has 1 aliphatic carbocycles. The number of rotatable bonds is 10. The van der Waals surface area contributed by atoms with Gasteiger partial charge in [0.2, 0.25) is 0 Å². The fourth-order valence-electron chi connectivity index (χ4n) is 8.22. The van der Waals surface area contributed by atoms with Gasteiger partial charge in [0.15, 0.2) is 0 Å². The Balaban J connectivity index is 1.33. The third-order valence-electron chi connectivity index (χ3n) is 10.8. The lowest BCUT2D eigenvalue weighted by Crippen LogP contribution is -2.29. The van der Waals surface area contributed by atoms with E-state index in [9.17, 15) is 26.7 Å². The molecule has 1 N–H and O–H groups in total. The van der Waals surface area contributed by atoms with Gasteiger partial charge in [-0.15, -0.1) is 0 Å². The monoisotopic (exact) mass is 816 g/mol. The highest BCUT2D eigenvalue weighted by molar-refractivity contribution is 7.88. The van der Waals surface area contributed by atoms with Crippen molar-refractivity contribution in [2.24, 2.45) is 0 Å². The van der Waals surface area contributed by atoms with Crippen LogP contribution in [0.4, 0.5) is 47.3 Å². The van der Waals surface area contributed by atoms with E-state index in [2.05, 4.69) is 50.4 Å². The summed E-state index contributed by atoms with van der Waals surface area (Å²) < 4.78 is 69.1. The molecule has 296 valence electrons. The van der Waals surface area contributed by atoms with Crippen molar-refractivity contribution in [3.63, 3.8) is 0 Å². The number of para-hydroxylation sites is 4. The van der Waals surface area contributed by atoms with Crippen LogP contribution < -0.4 is 14.0 Å². The molecule has 10 heteroatoms. The zero-order valence-corrected chi connectivity index (χ0v) is 32.6. The summed E-state index contributed by atoms with van der Waals surface area (Å²) in [6, 6.07) is 65.1. The Kier molecular flexibility index (Phi) is 9.64. The Morgan fingerprint density at radius 2 is 0.800 bits per heavy atom. The zero-order valence-electron chi connectivity index (χ0n) is 31.7. The van der Waals surface area contributed by atoms with Crippen molar-refractivity contribution in [1.82, 2.24) is 0 Å². The molecule has 0 saturated carbocycles. The molecule has 0 saturated heterocycles. The highest BCUT2D eigenvalue weighted by Crippen LogP contribution is 2.58. The molecule has 0 heterocycles. The lowest BCUT2D eigenvalue weighted by molar-refractivity contribution is -0.0500. The van der Waals surface area contributed by atoms with Gasteiger partial charge in [-0.05, 0) is 130 Å². The maximum absolute atomic E-state index is 13.4. The highest BCUT2D eigenvalue weighted by atomic mass is 32.2. The lowest BCUT2D eigenvalue weighted by Gasteiger charge is -2.36. The second-order valence-corrected chi connectivity index (χ2v) is 15.8. The normalized spacial score (nSPS) is 12.9. The van der Waals surface area contributed by atoms with E-state index in [1.54, 1.807) is 24.3 Å². The molecule has 0 bridgehead atoms.